The second-order valence-corrected chi connectivity index (χ2v) is 9.49. The molecule has 0 aliphatic rings. The number of hydrogen-bond donors (Lipinski definition) is 1. The van der Waals surface area contributed by atoms with Gasteiger partial charge in [0.25, 0.3) is 0 Å². The standard InChI is InChI=1S/C14H22OSi/c1-4-16(5-2,6-3)12-11-13-9-7-8-10-14(13)15/h7-12,15H,4-6H2,1-3H3. The van der Waals surface area contributed by atoms with Crippen LogP contribution in [0.4, 0.5) is 0 Å². The van der Waals surface area contributed by atoms with Crippen molar-refractivity contribution in [3.63, 3.8) is 0 Å². The summed E-state index contributed by atoms with van der Waals surface area (Å²) >= 11 is 0. The minimum Gasteiger partial charge on any atom is -0.507 e. The maximum absolute atomic E-state index is 9.69. The lowest BCUT2D eigenvalue weighted by atomic mass is 10.2. The molecule has 0 saturated carbocycles. The van der Waals surface area contributed by atoms with Crippen molar-refractivity contribution in [2.75, 3.05) is 0 Å². The molecule has 88 valence electrons. The predicted molar refractivity (Wildman–Crippen MR) is 74.3 cm³/mol. The normalized spacial score (nSPS) is 12.2. The Morgan fingerprint density at radius 1 is 1.06 bits per heavy atom. The van der Waals surface area contributed by atoms with Crippen LogP contribution in [0, 0.1) is 0 Å². The van der Waals surface area contributed by atoms with Crippen molar-refractivity contribution in [2.45, 2.75) is 38.9 Å². The first-order valence-electron chi connectivity index (χ1n) is 6.14. The molecule has 1 rings (SSSR count). The third kappa shape index (κ3) is 2.98. The fourth-order valence-electron chi connectivity index (χ4n) is 2.00. The first-order chi connectivity index (χ1) is 7.67. The Hall–Kier alpha value is -1.02. The van der Waals surface area contributed by atoms with E-state index in [2.05, 4.69) is 32.5 Å². The minimum atomic E-state index is -1.21. The van der Waals surface area contributed by atoms with E-state index in [9.17, 15) is 5.11 Å². The molecule has 0 fully saturated rings. The van der Waals surface area contributed by atoms with E-state index in [1.165, 1.54) is 18.1 Å². The number of hydrogen-bond acceptors (Lipinski definition) is 1. The number of phenols is 1. The molecule has 0 aromatic heterocycles. The molecule has 0 saturated heterocycles. The van der Waals surface area contributed by atoms with E-state index in [-0.39, 0.29) is 0 Å². The quantitative estimate of drug-likeness (QED) is 0.746. The summed E-state index contributed by atoms with van der Waals surface area (Å²) in [7, 11) is -1.21. The highest BCUT2D eigenvalue weighted by Gasteiger charge is 2.22. The van der Waals surface area contributed by atoms with Crippen LogP contribution in [0.1, 0.15) is 26.3 Å². The number of aromatic hydroxyl groups is 1. The van der Waals surface area contributed by atoms with Crippen LogP contribution in [0.25, 0.3) is 6.08 Å². The Labute approximate surface area is 99.8 Å². The van der Waals surface area contributed by atoms with Gasteiger partial charge in [-0.3, -0.25) is 0 Å². The largest absolute Gasteiger partial charge is 0.507 e. The van der Waals surface area contributed by atoms with Gasteiger partial charge in [0.15, 0.2) is 0 Å². The van der Waals surface area contributed by atoms with Crippen LogP contribution in [0.5, 0.6) is 5.75 Å². The molecule has 0 unspecified atom stereocenters. The van der Waals surface area contributed by atoms with Crippen LogP contribution in [0.3, 0.4) is 0 Å². The second kappa shape index (κ2) is 5.90. The Morgan fingerprint density at radius 3 is 2.12 bits per heavy atom. The van der Waals surface area contributed by atoms with E-state index in [4.69, 9.17) is 0 Å². The van der Waals surface area contributed by atoms with E-state index < -0.39 is 8.07 Å². The van der Waals surface area contributed by atoms with Gasteiger partial charge in [0, 0.05) is 5.56 Å². The fraction of sp³-hybridized carbons (Fsp3) is 0.429. The number of rotatable bonds is 5. The third-order valence-electron chi connectivity index (χ3n) is 3.67. The summed E-state index contributed by atoms with van der Waals surface area (Å²) < 4.78 is 0. The first-order valence-corrected chi connectivity index (χ1v) is 8.84. The number of benzene rings is 1. The Bertz CT molecular complexity index is 345. The van der Waals surface area contributed by atoms with Crippen LogP contribution >= 0.6 is 0 Å². The summed E-state index contributed by atoms with van der Waals surface area (Å²) in [6, 6.07) is 11.4. The zero-order valence-corrected chi connectivity index (χ0v) is 11.5. The molecule has 0 spiro atoms. The lowest BCUT2D eigenvalue weighted by Crippen LogP contribution is -2.28. The van der Waals surface area contributed by atoms with Gasteiger partial charge in [-0.25, -0.2) is 0 Å². The third-order valence-corrected chi connectivity index (χ3v) is 8.76. The molecule has 2 heteroatoms. The van der Waals surface area contributed by atoms with Gasteiger partial charge in [-0.1, -0.05) is 68.9 Å². The Balaban J connectivity index is 2.91. The summed E-state index contributed by atoms with van der Waals surface area (Å²) in [4.78, 5) is 0. The van der Waals surface area contributed by atoms with Crippen molar-refractivity contribution >= 4 is 14.1 Å². The van der Waals surface area contributed by atoms with Crippen molar-refractivity contribution < 1.29 is 5.11 Å². The van der Waals surface area contributed by atoms with Gasteiger partial charge in [0.05, 0.1) is 8.07 Å². The number of phenolic OH excluding ortho intramolecular Hbond substituents is 1. The highest BCUT2D eigenvalue weighted by molar-refractivity contribution is 6.84. The molecule has 0 aliphatic carbocycles. The smallest absolute Gasteiger partial charge is 0.122 e. The molecular formula is C14H22OSi. The molecule has 0 aliphatic heterocycles. The molecule has 1 aromatic rings. The second-order valence-electron chi connectivity index (χ2n) is 4.32. The molecule has 0 atom stereocenters. The van der Waals surface area contributed by atoms with E-state index in [0.29, 0.717) is 5.75 Å². The van der Waals surface area contributed by atoms with Crippen LogP contribution in [-0.4, -0.2) is 13.2 Å². The maximum atomic E-state index is 9.69. The van der Waals surface area contributed by atoms with Crippen LogP contribution in [-0.2, 0) is 0 Å². The SMILES string of the molecule is CC[Si](C=Cc1ccccc1O)(CC)CC. The Kier molecular flexibility index (Phi) is 4.81. The van der Waals surface area contributed by atoms with Crippen molar-refractivity contribution in [3.05, 3.63) is 35.5 Å². The topological polar surface area (TPSA) is 20.2 Å². The summed E-state index contributed by atoms with van der Waals surface area (Å²) in [6.07, 6.45) is 2.11. The van der Waals surface area contributed by atoms with Crippen molar-refractivity contribution in [2.24, 2.45) is 0 Å². The highest BCUT2D eigenvalue weighted by atomic mass is 28.3. The summed E-state index contributed by atoms with van der Waals surface area (Å²) in [6.45, 7) is 6.86. The average molecular weight is 234 g/mol. The van der Waals surface area contributed by atoms with E-state index >= 15 is 0 Å². The van der Waals surface area contributed by atoms with E-state index in [0.717, 1.165) is 5.56 Å². The van der Waals surface area contributed by atoms with Gasteiger partial charge in [-0.2, -0.15) is 0 Å². The minimum absolute atomic E-state index is 0.380. The summed E-state index contributed by atoms with van der Waals surface area (Å²) in [5, 5.41) is 9.69. The zero-order valence-electron chi connectivity index (χ0n) is 10.5. The molecule has 1 aromatic carbocycles. The maximum Gasteiger partial charge on any atom is 0.122 e. The lowest BCUT2D eigenvalue weighted by molar-refractivity contribution is 0.474. The van der Waals surface area contributed by atoms with Crippen molar-refractivity contribution in [1.29, 1.82) is 0 Å². The zero-order chi connectivity index (χ0) is 12.0. The molecule has 1 N–H and O–H groups in total. The lowest BCUT2D eigenvalue weighted by Gasteiger charge is -2.23. The molecule has 0 radical (unpaired) electrons. The summed E-state index contributed by atoms with van der Waals surface area (Å²) in [5.74, 6) is 0.380. The van der Waals surface area contributed by atoms with E-state index in [1.54, 1.807) is 6.07 Å². The molecule has 0 amide bonds. The van der Waals surface area contributed by atoms with Crippen LogP contribution in [0.2, 0.25) is 18.1 Å². The van der Waals surface area contributed by atoms with Gasteiger partial charge in [0.1, 0.15) is 5.75 Å². The van der Waals surface area contributed by atoms with Crippen molar-refractivity contribution in [1.82, 2.24) is 0 Å². The first kappa shape index (κ1) is 13.0. The molecular weight excluding hydrogens is 212 g/mol. The van der Waals surface area contributed by atoms with Gasteiger partial charge < -0.3 is 5.11 Å². The molecule has 16 heavy (non-hydrogen) atoms. The van der Waals surface area contributed by atoms with Crippen LogP contribution in [0.15, 0.2) is 30.0 Å². The Morgan fingerprint density at radius 2 is 1.62 bits per heavy atom. The molecule has 1 nitrogen and oxygen atoms in total. The predicted octanol–water partition coefficient (Wildman–Crippen LogP) is 4.45. The van der Waals surface area contributed by atoms with Crippen molar-refractivity contribution in [3.8, 4) is 5.75 Å². The fourth-order valence-corrected chi connectivity index (χ4v) is 4.74. The monoisotopic (exact) mass is 234 g/mol. The molecule has 0 bridgehead atoms. The highest BCUT2D eigenvalue weighted by Crippen LogP contribution is 2.24. The van der Waals surface area contributed by atoms with Gasteiger partial charge in [-0.15, -0.1) is 0 Å². The number of para-hydroxylation sites is 1. The van der Waals surface area contributed by atoms with Gasteiger partial charge in [0.2, 0.25) is 0 Å². The van der Waals surface area contributed by atoms with E-state index in [1.807, 2.05) is 18.2 Å². The summed E-state index contributed by atoms with van der Waals surface area (Å²) in [5.41, 5.74) is 3.33. The van der Waals surface area contributed by atoms with Crippen LogP contribution < -0.4 is 0 Å². The van der Waals surface area contributed by atoms with Gasteiger partial charge in [-0.05, 0) is 6.07 Å². The van der Waals surface area contributed by atoms with Gasteiger partial charge >= 0.3 is 0 Å². The average Bonchev–Trinajstić information content (AvgIpc) is 2.34. The molecule has 0 heterocycles.